The molecule has 0 radical (unpaired) electrons. The second kappa shape index (κ2) is 7.08. The lowest BCUT2D eigenvalue weighted by atomic mass is 9.94. The van der Waals surface area contributed by atoms with E-state index in [-0.39, 0.29) is 17.7 Å². The highest BCUT2D eigenvalue weighted by Gasteiger charge is 2.26. The summed E-state index contributed by atoms with van der Waals surface area (Å²) in [5, 5.41) is 17.4. The van der Waals surface area contributed by atoms with Crippen LogP contribution in [0.25, 0.3) is 0 Å². The van der Waals surface area contributed by atoms with E-state index in [4.69, 9.17) is 10.9 Å². The van der Waals surface area contributed by atoms with Crippen LogP contribution in [0.1, 0.15) is 24.5 Å². The van der Waals surface area contributed by atoms with Crippen LogP contribution in [0.4, 0.5) is 0 Å². The van der Waals surface area contributed by atoms with Crippen LogP contribution in [0.3, 0.4) is 0 Å². The molecule has 0 aliphatic rings. The molecule has 6 nitrogen and oxygen atoms in total. The van der Waals surface area contributed by atoms with Crippen LogP contribution in [0, 0.1) is 18.8 Å². The number of aromatic nitrogens is 1. The van der Waals surface area contributed by atoms with E-state index in [1.54, 1.807) is 11.3 Å². The first-order valence-corrected chi connectivity index (χ1v) is 6.99. The minimum Gasteiger partial charge on any atom is -0.409 e. The number of amidine groups is 1. The molecule has 0 fully saturated rings. The van der Waals surface area contributed by atoms with Crippen molar-refractivity contribution in [3.8, 4) is 0 Å². The molecule has 0 aliphatic carbocycles. The average molecular weight is 284 g/mol. The molecular formula is C12H20N4O2S. The number of oxime groups is 1. The predicted molar refractivity (Wildman–Crippen MR) is 75.3 cm³/mol. The molecule has 0 saturated carbocycles. The summed E-state index contributed by atoms with van der Waals surface area (Å²) in [4.78, 5) is 16.3. The molecule has 0 aromatic carbocycles. The number of hydrogen-bond acceptors (Lipinski definition) is 5. The maximum Gasteiger partial charge on any atom is 0.231 e. The average Bonchev–Trinajstić information content (AvgIpc) is 2.74. The molecule has 4 N–H and O–H groups in total. The molecule has 0 bridgehead atoms. The molecule has 19 heavy (non-hydrogen) atoms. The van der Waals surface area contributed by atoms with Crippen molar-refractivity contribution in [3.05, 3.63) is 16.1 Å². The van der Waals surface area contributed by atoms with Crippen LogP contribution in [0.5, 0.6) is 0 Å². The standard InChI is InChI=1S/C12H20N4O2S/c1-7(2)10(11(13)16-18)12(17)14-5-4-9-6-19-8(3)15-9/h6-7,10,18H,4-5H2,1-3H3,(H2,13,16)(H,14,17). The van der Waals surface area contributed by atoms with Gasteiger partial charge in [0.05, 0.1) is 10.7 Å². The number of aryl methyl sites for hydroxylation is 1. The normalized spacial score (nSPS) is 13.6. The Hall–Kier alpha value is -1.63. The van der Waals surface area contributed by atoms with Crippen molar-refractivity contribution in [1.29, 1.82) is 0 Å². The van der Waals surface area contributed by atoms with Gasteiger partial charge >= 0.3 is 0 Å². The van der Waals surface area contributed by atoms with Crippen LogP contribution in [-0.2, 0) is 11.2 Å². The second-order valence-electron chi connectivity index (χ2n) is 4.65. The van der Waals surface area contributed by atoms with Crippen molar-refractivity contribution >= 4 is 23.1 Å². The fourth-order valence-electron chi connectivity index (χ4n) is 1.79. The Bertz CT molecular complexity index is 456. The van der Waals surface area contributed by atoms with Crippen molar-refractivity contribution in [1.82, 2.24) is 10.3 Å². The predicted octanol–water partition coefficient (Wildman–Crippen LogP) is 1.13. The summed E-state index contributed by atoms with van der Waals surface area (Å²) in [6, 6.07) is 0. The molecule has 0 saturated heterocycles. The highest BCUT2D eigenvalue weighted by molar-refractivity contribution is 7.09. The van der Waals surface area contributed by atoms with Crippen LogP contribution >= 0.6 is 11.3 Å². The van der Waals surface area contributed by atoms with Crippen LogP contribution in [0.15, 0.2) is 10.5 Å². The van der Waals surface area contributed by atoms with Gasteiger partial charge in [-0.15, -0.1) is 11.3 Å². The Morgan fingerprint density at radius 1 is 1.63 bits per heavy atom. The number of thiazole rings is 1. The van der Waals surface area contributed by atoms with Gasteiger partial charge in [-0.1, -0.05) is 19.0 Å². The van der Waals surface area contributed by atoms with Gasteiger partial charge in [-0.3, -0.25) is 4.79 Å². The molecular weight excluding hydrogens is 264 g/mol. The quantitative estimate of drug-likeness (QED) is 0.315. The molecule has 1 aromatic heterocycles. The molecule has 1 rings (SSSR count). The number of hydrogen-bond donors (Lipinski definition) is 3. The zero-order chi connectivity index (χ0) is 14.4. The molecule has 1 atom stereocenters. The Morgan fingerprint density at radius 3 is 2.79 bits per heavy atom. The maximum absolute atomic E-state index is 12.0. The number of carbonyl (C=O) groups excluding carboxylic acids is 1. The first-order chi connectivity index (χ1) is 8.95. The van der Waals surface area contributed by atoms with Crippen LogP contribution < -0.4 is 11.1 Å². The summed E-state index contributed by atoms with van der Waals surface area (Å²) < 4.78 is 0. The van der Waals surface area contributed by atoms with Gasteiger partial charge in [0.25, 0.3) is 0 Å². The molecule has 106 valence electrons. The fraction of sp³-hybridized carbons (Fsp3) is 0.583. The molecule has 0 aliphatic heterocycles. The zero-order valence-corrected chi connectivity index (χ0v) is 12.2. The second-order valence-corrected chi connectivity index (χ2v) is 5.71. The van der Waals surface area contributed by atoms with Gasteiger partial charge in [-0.2, -0.15) is 0 Å². The Labute approximate surface area is 116 Å². The lowest BCUT2D eigenvalue weighted by molar-refractivity contribution is -0.124. The minimum absolute atomic E-state index is 0.0302. The summed E-state index contributed by atoms with van der Waals surface area (Å²) >= 11 is 1.59. The minimum atomic E-state index is -0.609. The van der Waals surface area contributed by atoms with Gasteiger partial charge in [0.1, 0.15) is 5.92 Å². The largest absolute Gasteiger partial charge is 0.409 e. The van der Waals surface area contributed by atoms with Crippen molar-refractivity contribution in [2.24, 2.45) is 22.7 Å². The molecule has 1 aromatic rings. The lowest BCUT2D eigenvalue weighted by Gasteiger charge is -2.18. The fourth-order valence-corrected chi connectivity index (χ4v) is 2.43. The summed E-state index contributed by atoms with van der Waals surface area (Å²) in [6.07, 6.45) is 0.678. The summed E-state index contributed by atoms with van der Waals surface area (Å²) in [5.41, 5.74) is 6.50. The molecule has 1 heterocycles. The van der Waals surface area contributed by atoms with Gasteiger partial charge in [-0.05, 0) is 12.8 Å². The number of carbonyl (C=O) groups is 1. The smallest absolute Gasteiger partial charge is 0.231 e. The first kappa shape index (κ1) is 15.4. The monoisotopic (exact) mass is 284 g/mol. The first-order valence-electron chi connectivity index (χ1n) is 6.11. The Morgan fingerprint density at radius 2 is 2.32 bits per heavy atom. The molecule has 7 heteroatoms. The van der Waals surface area contributed by atoms with Crippen LogP contribution in [-0.4, -0.2) is 28.5 Å². The van der Waals surface area contributed by atoms with Crippen LogP contribution in [0.2, 0.25) is 0 Å². The highest BCUT2D eigenvalue weighted by Crippen LogP contribution is 2.11. The number of rotatable bonds is 6. The third-order valence-electron chi connectivity index (χ3n) is 2.73. The summed E-state index contributed by atoms with van der Waals surface area (Å²) in [6.45, 7) is 6.14. The number of nitrogens with one attached hydrogen (secondary N) is 1. The van der Waals surface area contributed by atoms with Gasteiger partial charge in [0.15, 0.2) is 5.84 Å². The van der Waals surface area contributed by atoms with E-state index < -0.39 is 5.92 Å². The van der Waals surface area contributed by atoms with E-state index >= 15 is 0 Å². The van der Waals surface area contributed by atoms with Crippen molar-refractivity contribution in [3.63, 3.8) is 0 Å². The zero-order valence-electron chi connectivity index (χ0n) is 11.4. The van der Waals surface area contributed by atoms with E-state index in [9.17, 15) is 4.79 Å². The molecule has 0 spiro atoms. The topological polar surface area (TPSA) is 101 Å². The van der Waals surface area contributed by atoms with Gasteiger partial charge in [0.2, 0.25) is 5.91 Å². The van der Waals surface area contributed by atoms with E-state index in [0.29, 0.717) is 13.0 Å². The Kier molecular flexibility index (Phi) is 5.75. The summed E-state index contributed by atoms with van der Waals surface area (Å²) in [5.74, 6) is -0.922. The number of amides is 1. The third kappa shape index (κ3) is 4.51. The van der Waals surface area contributed by atoms with Crippen molar-refractivity contribution < 1.29 is 10.0 Å². The third-order valence-corrected chi connectivity index (χ3v) is 3.55. The highest BCUT2D eigenvalue weighted by atomic mass is 32.1. The van der Waals surface area contributed by atoms with E-state index in [2.05, 4.69) is 15.5 Å². The lowest BCUT2D eigenvalue weighted by Crippen LogP contribution is -2.42. The number of nitrogens with two attached hydrogens (primary N) is 1. The van der Waals surface area contributed by atoms with E-state index in [1.807, 2.05) is 26.2 Å². The molecule has 1 amide bonds. The maximum atomic E-state index is 12.0. The number of nitrogens with zero attached hydrogens (tertiary/aromatic N) is 2. The SMILES string of the molecule is Cc1nc(CCNC(=O)C(C(N)=NO)C(C)C)cs1. The summed E-state index contributed by atoms with van der Waals surface area (Å²) in [7, 11) is 0. The molecule has 1 unspecified atom stereocenters. The van der Waals surface area contributed by atoms with E-state index in [0.717, 1.165) is 10.7 Å². The van der Waals surface area contributed by atoms with Gasteiger partial charge < -0.3 is 16.3 Å². The van der Waals surface area contributed by atoms with Crippen molar-refractivity contribution in [2.75, 3.05) is 6.54 Å². The Balaban J connectivity index is 2.49. The van der Waals surface area contributed by atoms with E-state index in [1.165, 1.54) is 0 Å². The van der Waals surface area contributed by atoms with Gasteiger partial charge in [0, 0.05) is 18.3 Å². The van der Waals surface area contributed by atoms with Crippen molar-refractivity contribution in [2.45, 2.75) is 27.2 Å². The van der Waals surface area contributed by atoms with Gasteiger partial charge in [-0.25, -0.2) is 4.98 Å².